The maximum Gasteiger partial charge on any atom is 0.256 e. The minimum atomic E-state index is 1.11. The number of imidazole rings is 1. The number of nitrogens with zero attached hydrogens (tertiary/aromatic N) is 2. The van der Waals surface area contributed by atoms with Crippen LogP contribution in [0.4, 0.5) is 0 Å². The molecule has 0 fully saturated rings. The molecule has 2 heteroatoms. The van der Waals surface area contributed by atoms with E-state index in [9.17, 15) is 0 Å². The van der Waals surface area contributed by atoms with Crippen molar-refractivity contribution < 1.29 is 4.57 Å². The zero-order chi connectivity index (χ0) is 23.1. The third kappa shape index (κ3) is 15.1. The number of aryl methyl sites for hydroxylation is 2. The van der Waals surface area contributed by atoms with Gasteiger partial charge in [0.2, 0.25) is 0 Å². The van der Waals surface area contributed by atoms with Gasteiger partial charge >= 0.3 is 0 Å². The second-order valence-electron chi connectivity index (χ2n) is 10.2. The van der Waals surface area contributed by atoms with Crippen LogP contribution in [0.25, 0.3) is 0 Å². The quantitative estimate of drug-likeness (QED) is 0.110. The van der Waals surface area contributed by atoms with Crippen LogP contribution in [0.3, 0.4) is 0 Å². The van der Waals surface area contributed by atoms with Gasteiger partial charge in [-0.15, -0.1) is 0 Å². The van der Waals surface area contributed by atoms with Crippen LogP contribution in [-0.2, 0) is 19.5 Å². The third-order valence-corrected chi connectivity index (χ3v) is 7.19. The molecule has 0 unspecified atom stereocenters. The second-order valence-corrected chi connectivity index (χ2v) is 10.2. The summed E-state index contributed by atoms with van der Waals surface area (Å²) in [4.78, 5) is 0. The van der Waals surface area contributed by atoms with Crippen LogP contribution in [-0.4, -0.2) is 4.57 Å². The lowest BCUT2D eigenvalue weighted by Gasteiger charge is -2.06. The van der Waals surface area contributed by atoms with Crippen LogP contribution in [0.15, 0.2) is 12.4 Å². The Morgan fingerprint density at radius 1 is 0.531 bits per heavy atom. The molecule has 0 N–H and O–H groups in total. The van der Waals surface area contributed by atoms with Crippen molar-refractivity contribution >= 4 is 0 Å². The Hall–Kier alpha value is -0.790. The molecule has 32 heavy (non-hydrogen) atoms. The zero-order valence-electron chi connectivity index (χ0n) is 22.5. The maximum absolute atomic E-state index is 2.56. The molecule has 0 bridgehead atoms. The summed E-state index contributed by atoms with van der Waals surface area (Å²) in [6.45, 7) is 9.21. The number of hydrogen-bond donors (Lipinski definition) is 0. The third-order valence-electron chi connectivity index (χ3n) is 7.19. The first-order valence-electron chi connectivity index (χ1n) is 14.9. The number of hydrogen-bond acceptors (Lipinski definition) is 0. The Labute approximate surface area is 202 Å². The van der Waals surface area contributed by atoms with Gasteiger partial charge in [-0.25, -0.2) is 9.13 Å². The summed E-state index contributed by atoms with van der Waals surface area (Å²) in [6.07, 6.45) is 35.9. The van der Waals surface area contributed by atoms with Crippen molar-refractivity contribution in [2.75, 3.05) is 0 Å². The molecule has 0 saturated carbocycles. The molecule has 0 aliphatic carbocycles. The first kappa shape index (κ1) is 29.2. The van der Waals surface area contributed by atoms with Crippen molar-refractivity contribution in [2.45, 2.75) is 175 Å². The Kier molecular flexibility index (Phi) is 20.1. The van der Waals surface area contributed by atoms with Crippen molar-refractivity contribution in [1.82, 2.24) is 4.57 Å². The van der Waals surface area contributed by atoms with E-state index in [0.717, 1.165) is 6.54 Å². The molecular weight excluding hydrogens is 388 g/mol. The maximum atomic E-state index is 2.56. The van der Waals surface area contributed by atoms with E-state index in [1.54, 1.807) is 5.82 Å². The van der Waals surface area contributed by atoms with E-state index in [1.165, 1.54) is 148 Å². The summed E-state index contributed by atoms with van der Waals surface area (Å²) in [6, 6.07) is 0. The lowest BCUT2D eigenvalue weighted by Crippen LogP contribution is -2.37. The van der Waals surface area contributed by atoms with Gasteiger partial charge in [0.25, 0.3) is 5.82 Å². The highest BCUT2D eigenvalue weighted by molar-refractivity contribution is 4.83. The molecule has 0 aliphatic rings. The normalized spacial score (nSPS) is 11.5. The Morgan fingerprint density at radius 3 is 1.38 bits per heavy atom. The number of unbranched alkanes of at least 4 members (excludes halogenated alkanes) is 19. The highest BCUT2D eigenvalue weighted by Gasteiger charge is 2.15. The standard InChI is InChI=1S/C30H59N2/c1-4-7-9-11-13-14-15-16-17-18-19-21-23-25-27-32-29-28-31(6-3)30(32)26-24-22-20-12-10-8-5-2/h28-29H,4-27H2,1-3H3/q+1. The topological polar surface area (TPSA) is 8.81 Å². The lowest BCUT2D eigenvalue weighted by molar-refractivity contribution is -0.704. The van der Waals surface area contributed by atoms with Crippen LogP contribution in [0, 0.1) is 0 Å². The van der Waals surface area contributed by atoms with Crippen LogP contribution in [0.2, 0.25) is 0 Å². The molecular formula is C30H59N2+. The lowest BCUT2D eigenvalue weighted by atomic mass is 10.0. The van der Waals surface area contributed by atoms with Gasteiger partial charge in [0.1, 0.15) is 12.4 Å². The minimum Gasteiger partial charge on any atom is -0.235 e. The molecule has 0 atom stereocenters. The van der Waals surface area contributed by atoms with Crippen molar-refractivity contribution in [3.05, 3.63) is 18.2 Å². The van der Waals surface area contributed by atoms with Crippen molar-refractivity contribution in [2.24, 2.45) is 0 Å². The van der Waals surface area contributed by atoms with Crippen LogP contribution in [0.1, 0.15) is 161 Å². The van der Waals surface area contributed by atoms with E-state index in [0.29, 0.717) is 0 Å². The van der Waals surface area contributed by atoms with Gasteiger partial charge in [-0.3, -0.25) is 0 Å². The molecule has 0 amide bonds. The van der Waals surface area contributed by atoms with Crippen LogP contribution >= 0.6 is 0 Å². The Morgan fingerprint density at radius 2 is 0.938 bits per heavy atom. The number of rotatable bonds is 24. The summed E-state index contributed by atoms with van der Waals surface area (Å²) < 4.78 is 5.03. The summed E-state index contributed by atoms with van der Waals surface area (Å²) in [5.74, 6) is 1.57. The monoisotopic (exact) mass is 447 g/mol. The van der Waals surface area contributed by atoms with Gasteiger partial charge in [0.05, 0.1) is 13.1 Å². The van der Waals surface area contributed by atoms with Crippen LogP contribution in [0.5, 0.6) is 0 Å². The molecule has 188 valence electrons. The van der Waals surface area contributed by atoms with E-state index < -0.39 is 0 Å². The van der Waals surface area contributed by atoms with E-state index in [-0.39, 0.29) is 0 Å². The summed E-state index contributed by atoms with van der Waals surface area (Å²) >= 11 is 0. The van der Waals surface area contributed by atoms with Gasteiger partial charge < -0.3 is 0 Å². The van der Waals surface area contributed by atoms with Gasteiger partial charge in [-0.05, 0) is 26.2 Å². The molecule has 1 rings (SSSR count). The largest absolute Gasteiger partial charge is 0.256 e. The molecule has 0 spiro atoms. The van der Waals surface area contributed by atoms with E-state index in [1.807, 2.05) is 0 Å². The van der Waals surface area contributed by atoms with Crippen molar-refractivity contribution in [3.63, 3.8) is 0 Å². The van der Waals surface area contributed by atoms with Gasteiger partial charge in [-0.2, -0.15) is 0 Å². The predicted molar refractivity (Wildman–Crippen MR) is 142 cm³/mol. The Bertz CT molecular complexity index is 505. The van der Waals surface area contributed by atoms with Crippen molar-refractivity contribution in [1.29, 1.82) is 0 Å². The molecule has 0 radical (unpaired) electrons. The van der Waals surface area contributed by atoms with E-state index >= 15 is 0 Å². The summed E-state index contributed by atoms with van der Waals surface area (Å²) in [5.41, 5.74) is 0. The molecule has 1 aromatic heterocycles. The van der Waals surface area contributed by atoms with Gasteiger partial charge in [0.15, 0.2) is 0 Å². The first-order valence-corrected chi connectivity index (χ1v) is 14.9. The molecule has 0 saturated heterocycles. The molecule has 1 aromatic rings. The smallest absolute Gasteiger partial charge is 0.235 e. The fraction of sp³-hybridized carbons (Fsp3) is 0.900. The zero-order valence-corrected chi connectivity index (χ0v) is 22.5. The second kappa shape index (κ2) is 22.0. The minimum absolute atomic E-state index is 1.11. The number of aromatic nitrogens is 2. The average Bonchev–Trinajstić information content (AvgIpc) is 3.20. The van der Waals surface area contributed by atoms with E-state index in [2.05, 4.69) is 42.3 Å². The fourth-order valence-corrected chi connectivity index (χ4v) is 4.99. The van der Waals surface area contributed by atoms with Crippen molar-refractivity contribution in [3.8, 4) is 0 Å². The van der Waals surface area contributed by atoms with Crippen LogP contribution < -0.4 is 4.57 Å². The summed E-state index contributed by atoms with van der Waals surface area (Å²) in [7, 11) is 0. The highest BCUT2D eigenvalue weighted by Crippen LogP contribution is 2.13. The molecule has 0 aromatic carbocycles. The fourth-order valence-electron chi connectivity index (χ4n) is 4.99. The first-order chi connectivity index (χ1) is 15.8. The molecule has 2 nitrogen and oxygen atoms in total. The van der Waals surface area contributed by atoms with E-state index in [4.69, 9.17) is 0 Å². The summed E-state index contributed by atoms with van der Waals surface area (Å²) in [5, 5.41) is 0. The molecule has 0 aliphatic heterocycles. The SMILES string of the molecule is CCCCCCCCCCCCCCCC[n+]1ccn(CC)c1CCCCCCCCC. The van der Waals surface area contributed by atoms with Gasteiger partial charge in [0, 0.05) is 6.42 Å². The molecule has 1 heterocycles. The Balaban J connectivity index is 2.03. The van der Waals surface area contributed by atoms with Gasteiger partial charge in [-0.1, -0.05) is 129 Å². The predicted octanol–water partition coefficient (Wildman–Crippen LogP) is 9.57. The highest BCUT2D eigenvalue weighted by atomic mass is 15.1. The average molecular weight is 448 g/mol.